The highest BCUT2D eigenvalue weighted by molar-refractivity contribution is 7.77. The molecule has 8 heteroatoms. The lowest BCUT2D eigenvalue weighted by molar-refractivity contribution is 0.512. The quantitative estimate of drug-likeness (QED) is 0.695. The number of H-pyrrole nitrogens is 1. The van der Waals surface area contributed by atoms with Crippen molar-refractivity contribution in [2.24, 2.45) is 0 Å². The standard InChI is InChI=1S/C16H15N3O3S.ClH/c1-10(19-23(21)22)11-6-8-12(9-7-11)15-13-4-2-3-5-14(13)16(20)18-17-15;/h2-10,19H,1H3,(H,18,20)(H,21,22);1H/p-1/t10-;/m1./s1. The van der Waals surface area contributed by atoms with E-state index in [-0.39, 0.29) is 24.0 Å². The second kappa shape index (κ2) is 7.67. The molecule has 126 valence electrons. The molecular formula is C16H15ClN3O3S-. The lowest BCUT2D eigenvalue weighted by atomic mass is 10.0. The Morgan fingerprint density at radius 1 is 1.12 bits per heavy atom. The van der Waals surface area contributed by atoms with Crippen molar-refractivity contribution in [3.8, 4) is 11.3 Å². The predicted octanol–water partition coefficient (Wildman–Crippen LogP) is 2.46. The van der Waals surface area contributed by atoms with Crippen molar-refractivity contribution in [2.45, 2.75) is 13.0 Å². The molecule has 1 aromatic heterocycles. The molecule has 6 nitrogen and oxygen atoms in total. The van der Waals surface area contributed by atoms with Crippen LogP contribution in [-0.4, -0.2) is 19.0 Å². The Morgan fingerprint density at radius 3 is 2.38 bits per heavy atom. The number of nitrogens with one attached hydrogen (secondary N) is 2. The van der Waals surface area contributed by atoms with Crippen molar-refractivity contribution >= 4 is 34.4 Å². The van der Waals surface area contributed by atoms with Gasteiger partial charge in [-0.15, -0.1) is 12.4 Å². The Hall–Kier alpha value is -2.06. The molecule has 0 spiro atoms. The lowest BCUT2D eigenvalue weighted by Crippen LogP contribution is -2.20. The van der Waals surface area contributed by atoms with Gasteiger partial charge in [0.05, 0.1) is 11.1 Å². The third kappa shape index (κ3) is 3.70. The summed E-state index contributed by atoms with van der Waals surface area (Å²) in [5.74, 6) is 0. The van der Waals surface area contributed by atoms with Crippen LogP contribution < -0.4 is 10.3 Å². The minimum absolute atomic E-state index is 0. The Balaban J connectivity index is 0.00000208. The van der Waals surface area contributed by atoms with Gasteiger partial charge in [-0.05, 0) is 18.6 Å². The third-order valence-corrected chi connectivity index (χ3v) is 4.20. The molecule has 0 aliphatic rings. The third-order valence-electron chi connectivity index (χ3n) is 3.65. The predicted molar refractivity (Wildman–Crippen MR) is 95.5 cm³/mol. The molecule has 3 rings (SSSR count). The molecule has 0 aliphatic carbocycles. The smallest absolute Gasteiger partial charge is 0.272 e. The number of hydrogen-bond acceptors (Lipinski definition) is 4. The van der Waals surface area contributed by atoms with Crippen molar-refractivity contribution < 1.29 is 8.76 Å². The van der Waals surface area contributed by atoms with Crippen LogP contribution in [0.15, 0.2) is 53.3 Å². The maximum absolute atomic E-state index is 11.8. The lowest BCUT2D eigenvalue weighted by Gasteiger charge is -2.16. The molecule has 2 atom stereocenters. The van der Waals surface area contributed by atoms with E-state index in [1.807, 2.05) is 36.4 Å². The Labute approximate surface area is 147 Å². The number of benzene rings is 2. The van der Waals surface area contributed by atoms with Gasteiger partial charge in [-0.3, -0.25) is 9.00 Å². The summed E-state index contributed by atoms with van der Waals surface area (Å²) in [5.41, 5.74) is 2.14. The van der Waals surface area contributed by atoms with Crippen LogP contribution >= 0.6 is 12.4 Å². The van der Waals surface area contributed by atoms with E-state index in [9.17, 15) is 13.6 Å². The first kappa shape index (κ1) is 18.3. The van der Waals surface area contributed by atoms with Gasteiger partial charge in [0.15, 0.2) is 0 Å². The van der Waals surface area contributed by atoms with E-state index >= 15 is 0 Å². The largest absolute Gasteiger partial charge is 0.760 e. The van der Waals surface area contributed by atoms with E-state index in [2.05, 4.69) is 14.9 Å². The first-order chi connectivity index (χ1) is 11.1. The first-order valence-electron chi connectivity index (χ1n) is 6.99. The molecule has 0 saturated carbocycles. The van der Waals surface area contributed by atoms with E-state index < -0.39 is 11.3 Å². The molecule has 0 fully saturated rings. The zero-order valence-corrected chi connectivity index (χ0v) is 14.3. The zero-order chi connectivity index (χ0) is 16.4. The Kier molecular flexibility index (Phi) is 5.84. The molecular weight excluding hydrogens is 350 g/mol. The highest BCUT2D eigenvalue weighted by atomic mass is 35.5. The van der Waals surface area contributed by atoms with Crippen LogP contribution in [0.3, 0.4) is 0 Å². The van der Waals surface area contributed by atoms with Crippen LogP contribution in [0.4, 0.5) is 0 Å². The van der Waals surface area contributed by atoms with Gasteiger partial charge in [-0.25, -0.2) is 9.82 Å². The molecule has 24 heavy (non-hydrogen) atoms. The van der Waals surface area contributed by atoms with Crippen LogP contribution in [0.25, 0.3) is 22.0 Å². The molecule has 3 aromatic rings. The highest BCUT2D eigenvalue weighted by Gasteiger charge is 2.10. The average Bonchev–Trinajstić information content (AvgIpc) is 2.55. The topological polar surface area (TPSA) is 97.9 Å². The van der Waals surface area contributed by atoms with E-state index in [1.165, 1.54) is 0 Å². The number of halogens is 1. The number of aromatic nitrogens is 2. The van der Waals surface area contributed by atoms with E-state index in [1.54, 1.807) is 19.1 Å². The fourth-order valence-corrected chi connectivity index (χ4v) is 2.90. The normalized spacial score (nSPS) is 13.2. The maximum atomic E-state index is 11.8. The van der Waals surface area contributed by atoms with Crippen LogP contribution in [-0.2, 0) is 11.3 Å². The summed E-state index contributed by atoms with van der Waals surface area (Å²) in [6, 6.07) is 14.3. The van der Waals surface area contributed by atoms with Crippen molar-refractivity contribution in [3.05, 3.63) is 64.4 Å². The number of nitrogens with zero attached hydrogens (tertiary/aromatic N) is 1. The highest BCUT2D eigenvalue weighted by Crippen LogP contribution is 2.25. The maximum Gasteiger partial charge on any atom is 0.272 e. The second-order valence-electron chi connectivity index (χ2n) is 5.14. The fraction of sp³-hybridized carbons (Fsp3) is 0.125. The van der Waals surface area contributed by atoms with Crippen molar-refractivity contribution in [2.75, 3.05) is 0 Å². The summed E-state index contributed by atoms with van der Waals surface area (Å²) in [7, 11) is 0. The molecule has 0 bridgehead atoms. The monoisotopic (exact) mass is 364 g/mol. The van der Waals surface area contributed by atoms with Gasteiger partial charge < -0.3 is 4.55 Å². The van der Waals surface area contributed by atoms with Gasteiger partial charge in [0, 0.05) is 28.3 Å². The SMILES string of the molecule is C[C@@H](NS(=O)[O-])c1ccc(-c2n[nH]c(=O)c3ccccc23)cc1.Cl. The minimum Gasteiger partial charge on any atom is -0.760 e. The van der Waals surface area contributed by atoms with Crippen LogP contribution in [0.5, 0.6) is 0 Å². The molecule has 0 radical (unpaired) electrons. The summed E-state index contributed by atoms with van der Waals surface area (Å²) in [6.45, 7) is 1.76. The van der Waals surface area contributed by atoms with Crippen LogP contribution in [0.1, 0.15) is 18.5 Å². The summed E-state index contributed by atoms with van der Waals surface area (Å²) < 4.78 is 23.8. The molecule has 0 amide bonds. The van der Waals surface area contributed by atoms with Crippen molar-refractivity contribution in [1.29, 1.82) is 0 Å². The minimum atomic E-state index is -2.31. The van der Waals surface area contributed by atoms with E-state index in [0.29, 0.717) is 11.1 Å². The molecule has 0 saturated heterocycles. The van der Waals surface area contributed by atoms with Gasteiger partial charge in [-0.2, -0.15) is 5.10 Å². The van der Waals surface area contributed by atoms with Gasteiger partial charge in [-0.1, -0.05) is 42.5 Å². The molecule has 2 aromatic carbocycles. The first-order valence-corrected chi connectivity index (χ1v) is 8.07. The molecule has 1 heterocycles. The summed E-state index contributed by atoms with van der Waals surface area (Å²) >= 11 is -2.31. The molecule has 0 aliphatic heterocycles. The van der Waals surface area contributed by atoms with Crippen molar-refractivity contribution in [3.63, 3.8) is 0 Å². The van der Waals surface area contributed by atoms with Gasteiger partial charge in [0.25, 0.3) is 5.56 Å². The van der Waals surface area contributed by atoms with Gasteiger partial charge in [0.2, 0.25) is 0 Å². The average molecular weight is 365 g/mol. The number of hydrogen-bond donors (Lipinski definition) is 2. The zero-order valence-electron chi connectivity index (χ0n) is 12.7. The second-order valence-corrected chi connectivity index (χ2v) is 5.85. The number of aromatic amines is 1. The fourth-order valence-electron chi connectivity index (χ4n) is 2.48. The van der Waals surface area contributed by atoms with Crippen LogP contribution in [0.2, 0.25) is 0 Å². The van der Waals surface area contributed by atoms with E-state index in [4.69, 9.17) is 0 Å². The summed E-state index contributed by atoms with van der Waals surface area (Å²) in [6.07, 6.45) is 0. The van der Waals surface area contributed by atoms with Crippen LogP contribution in [0, 0.1) is 0 Å². The van der Waals surface area contributed by atoms with Crippen molar-refractivity contribution in [1.82, 2.24) is 14.9 Å². The molecule has 1 unspecified atom stereocenters. The van der Waals surface area contributed by atoms with Gasteiger partial charge >= 0.3 is 0 Å². The number of fused-ring (bicyclic) bond motifs is 1. The van der Waals surface area contributed by atoms with Gasteiger partial charge in [0.1, 0.15) is 0 Å². The summed E-state index contributed by atoms with van der Waals surface area (Å²) in [5, 5.41) is 8.01. The Morgan fingerprint density at radius 2 is 1.75 bits per heavy atom. The number of rotatable bonds is 4. The molecule has 2 N–H and O–H groups in total. The summed E-state index contributed by atoms with van der Waals surface area (Å²) in [4.78, 5) is 11.8. The van der Waals surface area contributed by atoms with E-state index in [0.717, 1.165) is 16.5 Å². The Bertz CT molecular complexity index is 928.